The van der Waals surface area contributed by atoms with Crippen molar-refractivity contribution in [2.24, 2.45) is 0 Å². The van der Waals surface area contributed by atoms with Crippen LogP contribution in [0.3, 0.4) is 0 Å². The minimum absolute atomic E-state index is 0.0837. The molecular weight excluding hydrogens is 444 g/mol. The Bertz CT molecular complexity index is 1180. The van der Waals surface area contributed by atoms with Crippen LogP contribution in [-0.4, -0.2) is 46.4 Å². The molecule has 3 aromatic carbocycles. The van der Waals surface area contributed by atoms with Crippen molar-refractivity contribution in [1.82, 2.24) is 4.31 Å². The quantitative estimate of drug-likeness (QED) is 0.487. The van der Waals surface area contributed by atoms with Gasteiger partial charge in [0.25, 0.3) is 0 Å². The van der Waals surface area contributed by atoms with Gasteiger partial charge in [-0.15, -0.1) is 0 Å². The first-order valence-electron chi connectivity index (χ1n) is 10.1. The van der Waals surface area contributed by atoms with E-state index in [-0.39, 0.29) is 17.2 Å². The van der Waals surface area contributed by atoms with Gasteiger partial charge in [0.2, 0.25) is 15.9 Å². The molecule has 0 radical (unpaired) electrons. The van der Waals surface area contributed by atoms with E-state index >= 15 is 0 Å². The van der Waals surface area contributed by atoms with Gasteiger partial charge < -0.3 is 19.5 Å². The highest BCUT2D eigenvalue weighted by molar-refractivity contribution is 7.89. The third-order valence-corrected chi connectivity index (χ3v) is 6.64. The van der Waals surface area contributed by atoms with E-state index in [1.807, 2.05) is 30.3 Å². The van der Waals surface area contributed by atoms with Crippen LogP contribution in [0.5, 0.6) is 17.2 Å². The van der Waals surface area contributed by atoms with Crippen LogP contribution in [0.15, 0.2) is 77.7 Å². The second kappa shape index (κ2) is 10.8. The SMILES string of the molecule is COc1ccc(OC)c(S(=O)(=O)N(C)CC(=O)Nc2ccc(OCc3ccccc3)cc2)c1. The van der Waals surface area contributed by atoms with Crippen molar-refractivity contribution in [3.05, 3.63) is 78.4 Å². The molecule has 9 heteroatoms. The summed E-state index contributed by atoms with van der Waals surface area (Å²) in [6, 6.07) is 21.1. The van der Waals surface area contributed by atoms with Crippen LogP contribution in [0.1, 0.15) is 5.56 Å². The molecule has 0 atom stereocenters. The van der Waals surface area contributed by atoms with E-state index in [0.29, 0.717) is 23.8 Å². The second-order valence-corrected chi connectivity index (χ2v) is 9.14. The number of hydrogen-bond acceptors (Lipinski definition) is 6. The zero-order valence-corrected chi connectivity index (χ0v) is 19.5. The normalized spacial score (nSPS) is 11.2. The van der Waals surface area contributed by atoms with Gasteiger partial charge in [0.05, 0.1) is 20.8 Å². The lowest BCUT2D eigenvalue weighted by Gasteiger charge is -2.19. The fraction of sp³-hybridized carbons (Fsp3) is 0.208. The van der Waals surface area contributed by atoms with Crippen molar-refractivity contribution >= 4 is 21.6 Å². The number of nitrogens with zero attached hydrogens (tertiary/aromatic N) is 1. The van der Waals surface area contributed by atoms with Gasteiger partial charge in [-0.3, -0.25) is 4.79 Å². The van der Waals surface area contributed by atoms with E-state index in [0.717, 1.165) is 9.87 Å². The summed E-state index contributed by atoms with van der Waals surface area (Å²) in [7, 11) is 0.147. The number of nitrogens with one attached hydrogen (secondary N) is 1. The van der Waals surface area contributed by atoms with Crippen molar-refractivity contribution in [2.45, 2.75) is 11.5 Å². The number of methoxy groups -OCH3 is 2. The van der Waals surface area contributed by atoms with Crippen molar-refractivity contribution < 1.29 is 27.4 Å². The molecule has 0 unspecified atom stereocenters. The van der Waals surface area contributed by atoms with Gasteiger partial charge >= 0.3 is 0 Å². The van der Waals surface area contributed by atoms with E-state index in [2.05, 4.69) is 5.32 Å². The number of amides is 1. The third-order valence-electron chi connectivity index (χ3n) is 4.81. The Kier molecular flexibility index (Phi) is 7.92. The largest absolute Gasteiger partial charge is 0.497 e. The molecule has 0 aliphatic rings. The van der Waals surface area contributed by atoms with E-state index in [1.54, 1.807) is 30.3 Å². The molecule has 0 fully saturated rings. The number of benzene rings is 3. The zero-order valence-electron chi connectivity index (χ0n) is 18.6. The van der Waals surface area contributed by atoms with Crippen LogP contribution in [0.25, 0.3) is 0 Å². The lowest BCUT2D eigenvalue weighted by Crippen LogP contribution is -2.35. The molecule has 1 amide bonds. The van der Waals surface area contributed by atoms with E-state index < -0.39 is 15.9 Å². The minimum atomic E-state index is -3.99. The van der Waals surface area contributed by atoms with E-state index in [9.17, 15) is 13.2 Å². The smallest absolute Gasteiger partial charge is 0.247 e. The maximum Gasteiger partial charge on any atom is 0.247 e. The van der Waals surface area contributed by atoms with Crippen molar-refractivity contribution in [3.63, 3.8) is 0 Å². The number of rotatable bonds is 10. The summed E-state index contributed by atoms with van der Waals surface area (Å²) in [5.74, 6) is 0.693. The van der Waals surface area contributed by atoms with Gasteiger partial charge in [0, 0.05) is 18.8 Å². The van der Waals surface area contributed by atoms with Gasteiger partial charge in [-0.2, -0.15) is 4.31 Å². The molecule has 0 bridgehead atoms. The monoisotopic (exact) mass is 470 g/mol. The number of sulfonamides is 1. The molecule has 0 saturated carbocycles. The summed E-state index contributed by atoms with van der Waals surface area (Å²) in [5, 5.41) is 2.69. The predicted molar refractivity (Wildman–Crippen MR) is 125 cm³/mol. The van der Waals surface area contributed by atoms with Gasteiger partial charge in [-0.1, -0.05) is 30.3 Å². The van der Waals surface area contributed by atoms with Gasteiger partial charge in [0.1, 0.15) is 28.8 Å². The number of carbonyl (C=O) groups excluding carboxylic acids is 1. The average molecular weight is 471 g/mol. The van der Waals surface area contributed by atoms with Crippen molar-refractivity contribution in [1.29, 1.82) is 0 Å². The Labute approximate surface area is 193 Å². The molecule has 0 saturated heterocycles. The molecule has 8 nitrogen and oxygen atoms in total. The van der Waals surface area contributed by atoms with E-state index in [1.165, 1.54) is 33.4 Å². The lowest BCUT2D eigenvalue weighted by molar-refractivity contribution is -0.116. The summed E-state index contributed by atoms with van der Waals surface area (Å²) >= 11 is 0. The Morgan fingerprint density at radius 2 is 1.58 bits per heavy atom. The molecule has 174 valence electrons. The first-order valence-corrected chi connectivity index (χ1v) is 11.5. The summed E-state index contributed by atoms with van der Waals surface area (Å²) < 4.78 is 43.0. The summed E-state index contributed by atoms with van der Waals surface area (Å²) in [6.45, 7) is 0.0535. The highest BCUT2D eigenvalue weighted by atomic mass is 32.2. The average Bonchev–Trinajstić information content (AvgIpc) is 2.83. The number of anilines is 1. The molecule has 0 aliphatic heterocycles. The molecule has 3 aromatic rings. The third kappa shape index (κ3) is 6.24. The van der Waals surface area contributed by atoms with Gasteiger partial charge in [-0.05, 0) is 42.0 Å². The second-order valence-electron chi connectivity index (χ2n) is 7.12. The first kappa shape index (κ1) is 24.1. The molecule has 0 aliphatic carbocycles. The Morgan fingerprint density at radius 3 is 2.21 bits per heavy atom. The number of likely N-dealkylation sites (N-methyl/N-ethyl adjacent to an activating group) is 1. The molecule has 3 rings (SSSR count). The molecule has 0 aromatic heterocycles. The summed E-state index contributed by atoms with van der Waals surface area (Å²) in [5.41, 5.74) is 1.57. The highest BCUT2D eigenvalue weighted by Crippen LogP contribution is 2.30. The molecular formula is C24H26N2O6S. The van der Waals surface area contributed by atoms with Crippen LogP contribution in [0.4, 0.5) is 5.69 Å². The fourth-order valence-corrected chi connectivity index (χ4v) is 4.31. The standard InChI is InChI=1S/C24H26N2O6S/c1-26(33(28,29)23-15-21(30-2)13-14-22(23)31-3)16-24(27)25-19-9-11-20(12-10-19)32-17-18-7-5-4-6-8-18/h4-15H,16-17H2,1-3H3,(H,25,27). The molecule has 1 N–H and O–H groups in total. The van der Waals surface area contributed by atoms with Crippen LogP contribution in [0.2, 0.25) is 0 Å². The minimum Gasteiger partial charge on any atom is -0.497 e. The molecule has 33 heavy (non-hydrogen) atoms. The maximum atomic E-state index is 13.0. The Hall–Kier alpha value is -3.56. The highest BCUT2D eigenvalue weighted by Gasteiger charge is 2.27. The van der Waals surface area contributed by atoms with Crippen molar-refractivity contribution in [3.8, 4) is 17.2 Å². The molecule has 0 heterocycles. The van der Waals surface area contributed by atoms with Crippen LogP contribution in [0, 0.1) is 0 Å². The van der Waals surface area contributed by atoms with Crippen molar-refractivity contribution in [2.75, 3.05) is 33.1 Å². The van der Waals surface area contributed by atoms with E-state index in [4.69, 9.17) is 14.2 Å². The maximum absolute atomic E-state index is 13.0. The lowest BCUT2D eigenvalue weighted by atomic mass is 10.2. The number of ether oxygens (including phenoxy) is 3. The molecule has 0 spiro atoms. The van der Waals surface area contributed by atoms with Crippen LogP contribution in [-0.2, 0) is 21.4 Å². The van der Waals surface area contributed by atoms with Gasteiger partial charge in [0.15, 0.2) is 0 Å². The Balaban J connectivity index is 1.61. The fourth-order valence-electron chi connectivity index (χ4n) is 3.02. The summed E-state index contributed by atoms with van der Waals surface area (Å²) in [4.78, 5) is 12.4. The predicted octanol–water partition coefficient (Wildman–Crippen LogP) is 3.54. The van der Waals surface area contributed by atoms with Crippen LogP contribution >= 0.6 is 0 Å². The summed E-state index contributed by atoms with van der Waals surface area (Å²) in [6.07, 6.45) is 0. The topological polar surface area (TPSA) is 94.2 Å². The zero-order chi connectivity index (χ0) is 23.8. The number of hydrogen-bond donors (Lipinski definition) is 1. The number of carbonyl (C=O) groups is 1. The Morgan fingerprint density at radius 1 is 0.909 bits per heavy atom. The first-order chi connectivity index (χ1) is 15.8. The van der Waals surface area contributed by atoms with Gasteiger partial charge in [-0.25, -0.2) is 8.42 Å². The van der Waals surface area contributed by atoms with Crippen LogP contribution < -0.4 is 19.5 Å².